The van der Waals surface area contributed by atoms with E-state index in [0.29, 0.717) is 0 Å². The van der Waals surface area contributed by atoms with Gasteiger partial charge < -0.3 is 21.9 Å². The Morgan fingerprint density at radius 2 is 2.14 bits per heavy atom. The largest absolute Gasteiger partial charge is 1.00 e. The van der Waals surface area contributed by atoms with Crippen LogP contribution in [0, 0.1) is 0 Å². The fourth-order valence-electron chi connectivity index (χ4n) is 2.27. The molecule has 2 fully saturated rings. The van der Waals surface area contributed by atoms with Gasteiger partial charge in [0.15, 0.2) is 6.23 Å². The molecule has 1 aromatic rings. The van der Waals surface area contributed by atoms with Crippen LogP contribution >= 0.6 is 7.82 Å². The van der Waals surface area contributed by atoms with Gasteiger partial charge in [0, 0.05) is 6.20 Å². The third-order valence-electron chi connectivity index (χ3n) is 3.10. The Labute approximate surface area is 142 Å². The molecule has 3 rings (SSSR count). The summed E-state index contributed by atoms with van der Waals surface area (Å²) in [6.07, 6.45) is -2.51. The number of aliphatic hydroxyl groups excluding tert-OH is 1. The number of phosphoric acid groups is 1. The molecule has 0 spiro atoms. The van der Waals surface area contributed by atoms with Crippen LogP contribution in [0.3, 0.4) is 0 Å². The minimum absolute atomic E-state index is 0. The predicted molar refractivity (Wildman–Crippen MR) is 64.6 cm³/mol. The summed E-state index contributed by atoms with van der Waals surface area (Å²) in [4.78, 5) is 24.7. The molecule has 2 aliphatic heterocycles. The van der Waals surface area contributed by atoms with Crippen LogP contribution in [0.2, 0.25) is 0 Å². The summed E-state index contributed by atoms with van der Waals surface area (Å²) in [5.41, 5.74) is 4.69. The summed E-state index contributed by atoms with van der Waals surface area (Å²) in [6.45, 7) is -0.446. The van der Waals surface area contributed by atoms with Gasteiger partial charge in [-0.3, -0.25) is 13.6 Å². The molecule has 5 atom stereocenters. The molecule has 21 heavy (non-hydrogen) atoms. The summed E-state index contributed by atoms with van der Waals surface area (Å²) in [7, 11) is -4.21. The van der Waals surface area contributed by atoms with E-state index in [1.807, 2.05) is 0 Å². The monoisotopic (exact) mass is 329 g/mol. The van der Waals surface area contributed by atoms with Gasteiger partial charge in [-0.1, -0.05) is 0 Å². The normalized spacial score (nSPS) is 38.0. The maximum Gasteiger partial charge on any atom is 1.00 e. The summed E-state index contributed by atoms with van der Waals surface area (Å²) in [5.74, 6) is 0.0379. The molecule has 0 aromatic carbocycles. The molecule has 10 nitrogen and oxygen atoms in total. The quantitative estimate of drug-likeness (QED) is 0.362. The average Bonchev–Trinajstić information content (AvgIpc) is 2.83. The van der Waals surface area contributed by atoms with E-state index in [1.54, 1.807) is 0 Å². The van der Waals surface area contributed by atoms with Crippen molar-refractivity contribution in [1.82, 2.24) is 9.55 Å². The van der Waals surface area contributed by atoms with E-state index in [9.17, 15) is 19.4 Å². The van der Waals surface area contributed by atoms with Crippen molar-refractivity contribution in [2.45, 2.75) is 24.5 Å². The second-order valence-corrected chi connectivity index (χ2v) is 5.76. The average molecular weight is 329 g/mol. The molecule has 5 unspecified atom stereocenters. The number of aromatic nitrogens is 2. The fourth-order valence-corrected chi connectivity index (χ4v) is 3.42. The summed E-state index contributed by atoms with van der Waals surface area (Å²) >= 11 is 0. The van der Waals surface area contributed by atoms with Crippen LogP contribution in [-0.2, 0) is 18.3 Å². The Kier molecular flexibility index (Phi) is 4.94. The second-order valence-electron chi connectivity index (χ2n) is 4.40. The second kappa shape index (κ2) is 6.07. The molecular weight excluding hydrogens is 316 g/mol. The number of nitrogen functional groups attached to an aromatic ring is 1. The Hall–Kier alpha value is -0.290. The van der Waals surface area contributed by atoms with Crippen molar-refractivity contribution in [3.8, 4) is 0 Å². The number of hydrogen-bond donors (Lipinski definition) is 3. The van der Waals surface area contributed by atoms with E-state index in [1.165, 1.54) is 12.3 Å². The van der Waals surface area contributed by atoms with E-state index in [2.05, 4.69) is 4.98 Å². The third kappa shape index (κ3) is 3.09. The van der Waals surface area contributed by atoms with Gasteiger partial charge in [0.05, 0.1) is 6.61 Å². The number of rotatable bonds is 2. The zero-order valence-corrected chi connectivity index (χ0v) is 13.9. The number of anilines is 1. The molecule has 3 heterocycles. The van der Waals surface area contributed by atoms with Crippen molar-refractivity contribution in [2.75, 3.05) is 12.3 Å². The van der Waals surface area contributed by atoms with Crippen molar-refractivity contribution in [2.24, 2.45) is 0 Å². The number of fused-ring (bicyclic) bond motifs is 1. The minimum atomic E-state index is -4.21. The van der Waals surface area contributed by atoms with E-state index < -0.39 is 44.7 Å². The third-order valence-corrected chi connectivity index (χ3v) is 4.12. The number of nitrogens with two attached hydrogens (primary N) is 1. The maximum absolute atomic E-state index is 11.8. The van der Waals surface area contributed by atoms with Crippen molar-refractivity contribution in [3.05, 3.63) is 22.7 Å². The predicted octanol–water partition coefficient (Wildman–Crippen LogP) is -4.28. The van der Waals surface area contributed by atoms with Crippen LogP contribution < -0.4 is 41.0 Å². The Morgan fingerprint density at radius 3 is 2.76 bits per heavy atom. The molecule has 1 aromatic heterocycles. The molecule has 12 heteroatoms. The van der Waals surface area contributed by atoms with Gasteiger partial charge in [-0.05, 0) is 6.07 Å². The molecular formula is C9H13N3NaO7P. The molecule has 0 aliphatic carbocycles. The van der Waals surface area contributed by atoms with Gasteiger partial charge >= 0.3 is 43.1 Å². The topological polar surface area (TPSA) is 146 Å². The smallest absolute Gasteiger partial charge is 1.00 e. The zero-order valence-electron chi connectivity index (χ0n) is 12.0. The number of hydrogen-bond acceptors (Lipinski definition) is 8. The van der Waals surface area contributed by atoms with E-state index in [0.717, 1.165) is 4.57 Å². The van der Waals surface area contributed by atoms with Gasteiger partial charge in [0.2, 0.25) is 0 Å². The van der Waals surface area contributed by atoms with Crippen LogP contribution in [-0.4, -0.2) is 44.5 Å². The van der Waals surface area contributed by atoms with E-state index in [-0.39, 0.29) is 36.8 Å². The van der Waals surface area contributed by atoms with Crippen molar-refractivity contribution in [3.63, 3.8) is 0 Å². The Morgan fingerprint density at radius 1 is 1.48 bits per heavy atom. The van der Waals surface area contributed by atoms with E-state index >= 15 is 0 Å². The number of aliphatic hydroxyl groups is 1. The van der Waals surface area contributed by atoms with Crippen LogP contribution in [0.4, 0.5) is 5.82 Å². The van der Waals surface area contributed by atoms with Gasteiger partial charge in [-0.2, -0.15) is 4.98 Å². The van der Waals surface area contributed by atoms with Crippen molar-refractivity contribution < 1.29 is 59.3 Å². The summed E-state index contributed by atoms with van der Waals surface area (Å²) in [5, 5.41) is 9.21. The maximum atomic E-state index is 11.8. The summed E-state index contributed by atoms with van der Waals surface area (Å²) in [6, 6.07) is 1.38. The first-order chi connectivity index (χ1) is 9.41. The zero-order chi connectivity index (χ0) is 14.5. The Balaban J connectivity index is 0.00000121. The molecule has 0 saturated carbocycles. The standard InChI is InChI=1S/C9H12N3O7P.Na.H/c10-5-1-2-12(9(14)11-5)8-7-6(4(3-13)17-8)18-20(15,16)19-7;;/h1-2,4,6-8,13H,3H2,(H,15,16)(H2,10,11,14);;/q;+1;-1. The van der Waals surface area contributed by atoms with E-state index in [4.69, 9.17) is 19.5 Å². The molecule has 112 valence electrons. The molecule has 0 bridgehead atoms. The molecule has 0 radical (unpaired) electrons. The first kappa shape index (κ1) is 17.1. The SMILES string of the molecule is Nc1ccn(C2OC(CO)C3OP(=O)(O)OC32)c(=O)n1.[H-].[Na+]. The summed E-state index contributed by atoms with van der Waals surface area (Å²) < 4.78 is 27.7. The molecule has 4 N–H and O–H groups in total. The van der Waals surface area contributed by atoms with Crippen LogP contribution in [0.5, 0.6) is 0 Å². The Bertz CT molecular complexity index is 646. The van der Waals surface area contributed by atoms with Gasteiger partial charge in [-0.15, -0.1) is 0 Å². The van der Waals surface area contributed by atoms with Gasteiger partial charge in [0.25, 0.3) is 0 Å². The van der Waals surface area contributed by atoms with Crippen molar-refractivity contribution in [1.29, 1.82) is 0 Å². The first-order valence-electron chi connectivity index (χ1n) is 5.72. The van der Waals surface area contributed by atoms with Gasteiger partial charge in [-0.25, -0.2) is 9.36 Å². The number of phosphoric ester groups is 1. The van der Waals surface area contributed by atoms with Crippen LogP contribution in [0.25, 0.3) is 0 Å². The number of nitrogens with zero attached hydrogens (tertiary/aromatic N) is 2. The molecule has 2 aliphatic rings. The molecule has 0 amide bonds. The fraction of sp³-hybridized carbons (Fsp3) is 0.556. The van der Waals surface area contributed by atoms with Crippen molar-refractivity contribution >= 4 is 13.6 Å². The minimum Gasteiger partial charge on any atom is -1.00 e. The van der Waals surface area contributed by atoms with Crippen LogP contribution in [0.15, 0.2) is 17.1 Å². The number of ether oxygens (including phenoxy) is 1. The van der Waals surface area contributed by atoms with Gasteiger partial charge in [0.1, 0.15) is 24.1 Å². The first-order valence-corrected chi connectivity index (χ1v) is 7.21. The molecule has 2 saturated heterocycles. The van der Waals surface area contributed by atoms with Crippen LogP contribution in [0.1, 0.15) is 7.65 Å².